The Kier molecular flexibility index (Phi) is 3.61. The minimum absolute atomic E-state index is 0.309. The lowest BCUT2D eigenvalue weighted by Crippen LogP contribution is -2.14. The van der Waals surface area contributed by atoms with Crippen molar-refractivity contribution in [2.24, 2.45) is 5.73 Å². The number of anilines is 2. The second kappa shape index (κ2) is 5.34. The van der Waals surface area contributed by atoms with Crippen LogP contribution in [-0.4, -0.2) is 15.9 Å². The standard InChI is InChI=1S/C13H15N5O/c1-8-16-5-4-10(18-8)7-17-9-2-3-12(14)11(6-9)13(15)19/h2-6,17H,7,14H2,1H3,(H2,15,19). The minimum atomic E-state index is -0.543. The molecule has 0 unspecified atom stereocenters. The first-order chi connectivity index (χ1) is 9.06. The third-order valence-electron chi connectivity index (χ3n) is 2.63. The van der Waals surface area contributed by atoms with Crippen LogP contribution in [0.3, 0.4) is 0 Å². The van der Waals surface area contributed by atoms with Gasteiger partial charge in [-0.15, -0.1) is 0 Å². The van der Waals surface area contributed by atoms with Crippen LogP contribution in [0.5, 0.6) is 0 Å². The Hall–Kier alpha value is -2.63. The fraction of sp³-hybridized carbons (Fsp3) is 0.154. The fourth-order valence-electron chi connectivity index (χ4n) is 1.68. The Bertz CT molecular complexity index is 612. The van der Waals surface area contributed by atoms with Gasteiger partial charge in [-0.1, -0.05) is 0 Å². The molecule has 0 aliphatic rings. The van der Waals surface area contributed by atoms with E-state index in [1.54, 1.807) is 24.4 Å². The van der Waals surface area contributed by atoms with Gasteiger partial charge in [0.1, 0.15) is 5.82 Å². The molecule has 2 rings (SSSR count). The Morgan fingerprint density at radius 3 is 2.84 bits per heavy atom. The van der Waals surface area contributed by atoms with Gasteiger partial charge in [-0.2, -0.15) is 0 Å². The third kappa shape index (κ3) is 3.19. The lowest BCUT2D eigenvalue weighted by atomic mass is 10.1. The number of nitrogens with zero attached hydrogens (tertiary/aromatic N) is 2. The molecule has 19 heavy (non-hydrogen) atoms. The molecule has 1 amide bonds. The molecule has 6 heteroatoms. The van der Waals surface area contributed by atoms with Crippen molar-refractivity contribution in [2.75, 3.05) is 11.1 Å². The zero-order valence-electron chi connectivity index (χ0n) is 10.6. The number of primary amides is 1. The highest BCUT2D eigenvalue weighted by Crippen LogP contribution is 2.17. The Balaban J connectivity index is 2.12. The summed E-state index contributed by atoms with van der Waals surface area (Å²) in [6, 6.07) is 6.89. The van der Waals surface area contributed by atoms with Crippen molar-refractivity contribution in [3.63, 3.8) is 0 Å². The van der Waals surface area contributed by atoms with Gasteiger partial charge in [0, 0.05) is 17.6 Å². The summed E-state index contributed by atoms with van der Waals surface area (Å²) in [5.74, 6) is 0.175. The van der Waals surface area contributed by atoms with Crippen LogP contribution in [0.1, 0.15) is 21.9 Å². The second-order valence-electron chi connectivity index (χ2n) is 4.12. The van der Waals surface area contributed by atoms with Gasteiger partial charge in [-0.25, -0.2) is 9.97 Å². The van der Waals surface area contributed by atoms with Crippen molar-refractivity contribution < 1.29 is 4.79 Å². The van der Waals surface area contributed by atoms with Gasteiger partial charge in [0.25, 0.3) is 5.91 Å². The van der Waals surface area contributed by atoms with Gasteiger partial charge >= 0.3 is 0 Å². The highest BCUT2D eigenvalue weighted by atomic mass is 16.1. The maximum atomic E-state index is 11.2. The molecule has 6 nitrogen and oxygen atoms in total. The first-order valence-corrected chi connectivity index (χ1v) is 5.78. The number of carbonyl (C=O) groups is 1. The number of nitrogens with one attached hydrogen (secondary N) is 1. The summed E-state index contributed by atoms with van der Waals surface area (Å²) < 4.78 is 0. The molecule has 1 aromatic heterocycles. The van der Waals surface area contributed by atoms with Crippen LogP contribution in [0.4, 0.5) is 11.4 Å². The average molecular weight is 257 g/mol. The highest BCUT2D eigenvalue weighted by molar-refractivity contribution is 5.98. The van der Waals surface area contributed by atoms with E-state index in [0.29, 0.717) is 17.8 Å². The van der Waals surface area contributed by atoms with E-state index < -0.39 is 5.91 Å². The first-order valence-electron chi connectivity index (χ1n) is 5.78. The molecule has 0 aliphatic heterocycles. The van der Waals surface area contributed by atoms with Crippen molar-refractivity contribution >= 4 is 17.3 Å². The van der Waals surface area contributed by atoms with Gasteiger partial charge in [0.05, 0.1) is 17.8 Å². The van der Waals surface area contributed by atoms with Gasteiger partial charge in [-0.3, -0.25) is 4.79 Å². The van der Waals surface area contributed by atoms with Crippen LogP contribution >= 0.6 is 0 Å². The molecule has 98 valence electrons. The van der Waals surface area contributed by atoms with Crippen LogP contribution in [0.2, 0.25) is 0 Å². The van der Waals surface area contributed by atoms with Crippen molar-refractivity contribution in [3.8, 4) is 0 Å². The zero-order valence-corrected chi connectivity index (χ0v) is 10.6. The van der Waals surface area contributed by atoms with E-state index in [-0.39, 0.29) is 0 Å². The van der Waals surface area contributed by atoms with Crippen molar-refractivity contribution in [1.29, 1.82) is 0 Å². The number of aryl methyl sites for hydroxylation is 1. The molecule has 0 spiro atoms. The molecule has 0 fully saturated rings. The fourth-order valence-corrected chi connectivity index (χ4v) is 1.68. The van der Waals surface area contributed by atoms with Gasteiger partial charge in [-0.05, 0) is 31.2 Å². The van der Waals surface area contributed by atoms with Gasteiger partial charge in [0.2, 0.25) is 0 Å². The molecular formula is C13H15N5O. The van der Waals surface area contributed by atoms with Gasteiger partial charge in [0.15, 0.2) is 0 Å². The smallest absolute Gasteiger partial charge is 0.250 e. The van der Waals surface area contributed by atoms with Crippen LogP contribution < -0.4 is 16.8 Å². The number of benzene rings is 1. The summed E-state index contributed by atoms with van der Waals surface area (Å²) >= 11 is 0. The normalized spacial score (nSPS) is 10.2. The SMILES string of the molecule is Cc1nccc(CNc2ccc(N)c(C(N)=O)c2)n1. The molecule has 0 aliphatic carbocycles. The third-order valence-corrected chi connectivity index (χ3v) is 2.63. The summed E-state index contributed by atoms with van der Waals surface area (Å²) in [6.45, 7) is 2.36. The summed E-state index contributed by atoms with van der Waals surface area (Å²) in [5.41, 5.74) is 13.2. The largest absolute Gasteiger partial charge is 0.398 e. The number of hydrogen-bond acceptors (Lipinski definition) is 5. The summed E-state index contributed by atoms with van der Waals surface area (Å²) in [4.78, 5) is 19.5. The molecule has 1 aromatic carbocycles. The maximum Gasteiger partial charge on any atom is 0.250 e. The van der Waals surface area contributed by atoms with E-state index in [9.17, 15) is 4.79 Å². The monoisotopic (exact) mass is 257 g/mol. The van der Waals surface area contributed by atoms with E-state index in [1.165, 1.54) is 0 Å². The molecule has 0 bridgehead atoms. The minimum Gasteiger partial charge on any atom is -0.398 e. The quantitative estimate of drug-likeness (QED) is 0.710. The molecule has 2 aromatic rings. The molecule has 0 radical (unpaired) electrons. The first kappa shape index (κ1) is 12.8. The molecule has 0 saturated carbocycles. The summed E-state index contributed by atoms with van der Waals surface area (Å²) in [7, 11) is 0. The number of nitrogens with two attached hydrogens (primary N) is 2. The topological polar surface area (TPSA) is 107 Å². The Labute approximate surface area is 110 Å². The van der Waals surface area contributed by atoms with Crippen LogP contribution in [-0.2, 0) is 6.54 Å². The van der Waals surface area contributed by atoms with E-state index >= 15 is 0 Å². The van der Waals surface area contributed by atoms with E-state index in [1.807, 2.05) is 13.0 Å². The van der Waals surface area contributed by atoms with Crippen LogP contribution in [0.15, 0.2) is 30.5 Å². The molecule has 0 saturated heterocycles. The molecule has 0 atom stereocenters. The zero-order chi connectivity index (χ0) is 13.8. The summed E-state index contributed by atoms with van der Waals surface area (Å²) in [5, 5.41) is 3.16. The van der Waals surface area contributed by atoms with E-state index in [0.717, 1.165) is 17.2 Å². The molecule has 5 N–H and O–H groups in total. The molecule has 1 heterocycles. The molecular weight excluding hydrogens is 242 g/mol. The van der Waals surface area contributed by atoms with Crippen LogP contribution in [0, 0.1) is 6.92 Å². The highest BCUT2D eigenvalue weighted by Gasteiger charge is 2.06. The van der Waals surface area contributed by atoms with Crippen molar-refractivity contribution in [3.05, 3.63) is 47.5 Å². The lowest BCUT2D eigenvalue weighted by molar-refractivity contribution is 0.100. The van der Waals surface area contributed by atoms with Crippen molar-refractivity contribution in [1.82, 2.24) is 9.97 Å². The number of rotatable bonds is 4. The number of nitrogen functional groups attached to an aromatic ring is 1. The predicted octanol–water partition coefficient (Wildman–Crippen LogP) is 1.08. The Morgan fingerprint density at radius 2 is 2.16 bits per heavy atom. The second-order valence-corrected chi connectivity index (χ2v) is 4.12. The average Bonchev–Trinajstić information content (AvgIpc) is 2.37. The van der Waals surface area contributed by atoms with E-state index in [2.05, 4.69) is 15.3 Å². The van der Waals surface area contributed by atoms with Gasteiger partial charge < -0.3 is 16.8 Å². The van der Waals surface area contributed by atoms with Crippen LogP contribution in [0.25, 0.3) is 0 Å². The van der Waals surface area contributed by atoms with Crippen molar-refractivity contribution in [2.45, 2.75) is 13.5 Å². The predicted molar refractivity (Wildman–Crippen MR) is 73.5 cm³/mol. The lowest BCUT2D eigenvalue weighted by Gasteiger charge is -2.09. The number of amides is 1. The Morgan fingerprint density at radius 1 is 1.37 bits per heavy atom. The van der Waals surface area contributed by atoms with E-state index in [4.69, 9.17) is 11.5 Å². The number of hydrogen-bond donors (Lipinski definition) is 3. The maximum absolute atomic E-state index is 11.2. The number of aromatic nitrogens is 2. The summed E-state index contributed by atoms with van der Waals surface area (Å²) in [6.07, 6.45) is 1.71. The number of carbonyl (C=O) groups excluding carboxylic acids is 1.